The van der Waals surface area contributed by atoms with Crippen molar-refractivity contribution < 1.29 is 4.74 Å². The zero-order valence-corrected chi connectivity index (χ0v) is 12.7. The topological polar surface area (TPSA) is 55.8 Å². The van der Waals surface area contributed by atoms with Crippen molar-refractivity contribution in [1.29, 1.82) is 0 Å². The number of thiazole rings is 1. The summed E-state index contributed by atoms with van der Waals surface area (Å²) in [6.07, 6.45) is 5.62. The molecule has 0 spiro atoms. The second-order valence-corrected chi connectivity index (χ2v) is 6.02. The number of aromatic nitrogens is 2. The highest BCUT2D eigenvalue weighted by Crippen LogP contribution is 2.26. The third-order valence-corrected chi connectivity index (χ3v) is 4.61. The number of imidazole rings is 1. The van der Waals surface area contributed by atoms with E-state index in [9.17, 15) is 0 Å². The van der Waals surface area contributed by atoms with E-state index < -0.39 is 0 Å². The number of hydrogen-bond donors (Lipinski definition) is 1. The van der Waals surface area contributed by atoms with Gasteiger partial charge in [-0.25, -0.2) is 4.98 Å². The van der Waals surface area contributed by atoms with E-state index >= 15 is 0 Å². The maximum Gasteiger partial charge on any atom is 0.195 e. The molecule has 2 aromatic rings. The minimum absolute atomic E-state index is 0.348. The van der Waals surface area contributed by atoms with Gasteiger partial charge in [-0.05, 0) is 26.3 Å². The first-order valence-electron chi connectivity index (χ1n) is 7.34. The summed E-state index contributed by atoms with van der Waals surface area (Å²) in [5, 5.41) is 2.07. The average Bonchev–Trinajstić information content (AvgIpc) is 3.14. The Kier molecular flexibility index (Phi) is 4.24. The Morgan fingerprint density at radius 1 is 1.60 bits per heavy atom. The van der Waals surface area contributed by atoms with E-state index in [4.69, 9.17) is 15.5 Å². The monoisotopic (exact) mass is 294 g/mol. The van der Waals surface area contributed by atoms with Crippen molar-refractivity contribution in [3.8, 4) is 0 Å². The van der Waals surface area contributed by atoms with E-state index in [1.165, 1.54) is 12.1 Å². The van der Waals surface area contributed by atoms with Crippen LogP contribution in [0.4, 0.5) is 5.82 Å². The SMILES string of the molecule is CCN(CC1CCCO1)c1nc2sccn2c1CCN. The Labute approximate surface area is 123 Å². The summed E-state index contributed by atoms with van der Waals surface area (Å²) in [6, 6.07) is 0. The van der Waals surface area contributed by atoms with Crippen molar-refractivity contribution in [2.75, 3.05) is 31.1 Å². The van der Waals surface area contributed by atoms with Gasteiger partial charge in [0.05, 0.1) is 11.8 Å². The number of hydrogen-bond acceptors (Lipinski definition) is 5. The summed E-state index contributed by atoms with van der Waals surface area (Å²) in [6.45, 7) is 5.60. The smallest absolute Gasteiger partial charge is 0.195 e. The van der Waals surface area contributed by atoms with Gasteiger partial charge in [0.2, 0.25) is 0 Å². The van der Waals surface area contributed by atoms with Gasteiger partial charge in [0.1, 0.15) is 0 Å². The molecule has 20 heavy (non-hydrogen) atoms. The van der Waals surface area contributed by atoms with Gasteiger partial charge >= 0.3 is 0 Å². The number of anilines is 1. The highest BCUT2D eigenvalue weighted by molar-refractivity contribution is 7.15. The third-order valence-electron chi connectivity index (χ3n) is 3.85. The van der Waals surface area contributed by atoms with Crippen LogP contribution in [0.2, 0.25) is 0 Å². The first kappa shape index (κ1) is 13.9. The second kappa shape index (κ2) is 6.11. The molecule has 110 valence electrons. The molecule has 0 aliphatic carbocycles. The Hall–Kier alpha value is -1.11. The molecule has 6 heteroatoms. The summed E-state index contributed by atoms with van der Waals surface area (Å²) in [5.74, 6) is 1.08. The van der Waals surface area contributed by atoms with Crippen molar-refractivity contribution >= 4 is 22.1 Å². The first-order chi connectivity index (χ1) is 9.83. The fourth-order valence-electron chi connectivity index (χ4n) is 2.84. The number of likely N-dealkylation sites (N-methyl/N-ethyl adjacent to an activating group) is 1. The number of ether oxygens (including phenoxy) is 1. The predicted molar refractivity (Wildman–Crippen MR) is 82.7 cm³/mol. The van der Waals surface area contributed by atoms with Gasteiger partial charge in [-0.2, -0.15) is 0 Å². The summed E-state index contributed by atoms with van der Waals surface area (Å²) >= 11 is 1.67. The van der Waals surface area contributed by atoms with Crippen molar-refractivity contribution in [2.24, 2.45) is 5.73 Å². The summed E-state index contributed by atoms with van der Waals surface area (Å²) in [5.41, 5.74) is 7.00. The molecule has 1 unspecified atom stereocenters. The summed E-state index contributed by atoms with van der Waals surface area (Å²) in [7, 11) is 0. The molecule has 1 aliphatic heterocycles. The summed E-state index contributed by atoms with van der Waals surface area (Å²) < 4.78 is 7.94. The van der Waals surface area contributed by atoms with Gasteiger partial charge in [-0.1, -0.05) is 0 Å². The van der Waals surface area contributed by atoms with Gasteiger partial charge in [-0.3, -0.25) is 4.40 Å². The highest BCUT2D eigenvalue weighted by atomic mass is 32.1. The molecule has 0 bridgehead atoms. The van der Waals surface area contributed by atoms with Crippen LogP contribution < -0.4 is 10.6 Å². The van der Waals surface area contributed by atoms with E-state index in [1.54, 1.807) is 11.3 Å². The molecule has 0 saturated carbocycles. The van der Waals surface area contributed by atoms with Crippen LogP contribution in [0, 0.1) is 0 Å². The average molecular weight is 294 g/mol. The number of nitrogens with two attached hydrogens (primary N) is 1. The standard InChI is InChI=1S/C14H22N4OS/c1-2-17(10-11-4-3-8-19-11)13-12(5-6-15)18-7-9-20-14(18)16-13/h7,9,11H,2-6,8,10,15H2,1H3. The molecule has 1 saturated heterocycles. The summed E-state index contributed by atoms with van der Waals surface area (Å²) in [4.78, 5) is 8.19. The second-order valence-electron chi connectivity index (χ2n) is 5.15. The zero-order chi connectivity index (χ0) is 13.9. The predicted octanol–water partition coefficient (Wildman–Crippen LogP) is 1.90. The first-order valence-corrected chi connectivity index (χ1v) is 8.22. The minimum Gasteiger partial charge on any atom is -0.376 e. The zero-order valence-electron chi connectivity index (χ0n) is 11.9. The molecule has 1 aliphatic rings. The fraction of sp³-hybridized carbons (Fsp3) is 0.643. The molecule has 0 radical (unpaired) electrons. The van der Waals surface area contributed by atoms with Crippen LogP contribution in [0.15, 0.2) is 11.6 Å². The van der Waals surface area contributed by atoms with E-state index in [-0.39, 0.29) is 0 Å². The van der Waals surface area contributed by atoms with E-state index in [2.05, 4.69) is 27.8 Å². The number of nitrogens with zero attached hydrogens (tertiary/aromatic N) is 3. The fourth-order valence-corrected chi connectivity index (χ4v) is 3.57. The molecule has 2 N–H and O–H groups in total. The molecule has 5 nitrogen and oxygen atoms in total. The molecular weight excluding hydrogens is 272 g/mol. The van der Waals surface area contributed by atoms with Crippen LogP contribution >= 0.6 is 11.3 Å². The molecule has 1 atom stereocenters. The minimum atomic E-state index is 0.348. The Balaban J connectivity index is 1.88. The van der Waals surface area contributed by atoms with E-state index in [1.807, 2.05) is 0 Å². The van der Waals surface area contributed by atoms with Crippen LogP contribution in [-0.2, 0) is 11.2 Å². The van der Waals surface area contributed by atoms with E-state index in [0.717, 1.165) is 43.3 Å². The van der Waals surface area contributed by atoms with Crippen LogP contribution in [0.1, 0.15) is 25.5 Å². The van der Waals surface area contributed by atoms with E-state index in [0.29, 0.717) is 12.6 Å². The largest absolute Gasteiger partial charge is 0.376 e. The molecule has 2 aromatic heterocycles. The van der Waals surface area contributed by atoms with Gasteiger partial charge < -0.3 is 15.4 Å². The van der Waals surface area contributed by atoms with Crippen LogP contribution in [0.25, 0.3) is 4.96 Å². The lowest BCUT2D eigenvalue weighted by Crippen LogP contribution is -2.33. The number of rotatable bonds is 6. The lowest BCUT2D eigenvalue weighted by molar-refractivity contribution is 0.115. The Morgan fingerprint density at radius 2 is 2.50 bits per heavy atom. The molecule has 0 amide bonds. The van der Waals surface area contributed by atoms with Crippen molar-refractivity contribution in [1.82, 2.24) is 9.38 Å². The molecule has 3 heterocycles. The van der Waals surface area contributed by atoms with Crippen molar-refractivity contribution in [2.45, 2.75) is 32.3 Å². The van der Waals surface area contributed by atoms with Crippen LogP contribution in [-0.4, -0.2) is 41.7 Å². The maximum atomic E-state index is 5.77. The van der Waals surface area contributed by atoms with Gasteiger partial charge in [0, 0.05) is 37.7 Å². The molecule has 3 rings (SSSR count). The Morgan fingerprint density at radius 3 is 3.20 bits per heavy atom. The van der Waals surface area contributed by atoms with Crippen LogP contribution in [0.3, 0.4) is 0 Å². The van der Waals surface area contributed by atoms with Gasteiger partial charge in [0.25, 0.3) is 0 Å². The lowest BCUT2D eigenvalue weighted by Gasteiger charge is -2.25. The van der Waals surface area contributed by atoms with Gasteiger partial charge in [0.15, 0.2) is 10.8 Å². The Bertz CT molecular complexity index is 559. The highest BCUT2D eigenvalue weighted by Gasteiger charge is 2.23. The third kappa shape index (κ3) is 2.55. The molecule has 0 aromatic carbocycles. The molecular formula is C14H22N4OS. The van der Waals surface area contributed by atoms with Crippen molar-refractivity contribution in [3.05, 3.63) is 17.3 Å². The van der Waals surface area contributed by atoms with Gasteiger partial charge in [-0.15, -0.1) is 11.3 Å². The molecule has 1 fully saturated rings. The number of fused-ring (bicyclic) bond motifs is 1. The quantitative estimate of drug-likeness (QED) is 0.884. The maximum absolute atomic E-state index is 5.77. The van der Waals surface area contributed by atoms with Crippen molar-refractivity contribution in [3.63, 3.8) is 0 Å². The lowest BCUT2D eigenvalue weighted by atomic mass is 10.2. The van der Waals surface area contributed by atoms with Crippen LogP contribution in [0.5, 0.6) is 0 Å². The normalized spacial score (nSPS) is 19.0.